The first-order chi connectivity index (χ1) is 13.1. The Balaban J connectivity index is 1.38. The van der Waals surface area contributed by atoms with Gasteiger partial charge in [-0.3, -0.25) is 4.79 Å². The van der Waals surface area contributed by atoms with Crippen LogP contribution < -0.4 is 9.64 Å². The van der Waals surface area contributed by atoms with Crippen molar-refractivity contribution in [3.63, 3.8) is 0 Å². The number of nitrogens with zero attached hydrogens (tertiary/aromatic N) is 2. The van der Waals surface area contributed by atoms with Crippen molar-refractivity contribution in [2.75, 3.05) is 44.3 Å². The van der Waals surface area contributed by atoms with Gasteiger partial charge in [0.2, 0.25) is 0 Å². The summed E-state index contributed by atoms with van der Waals surface area (Å²) in [6, 6.07) is 15.8. The molecule has 1 heterocycles. The fourth-order valence-corrected chi connectivity index (χ4v) is 2.83. The van der Waals surface area contributed by atoms with Crippen LogP contribution in [0.3, 0.4) is 0 Å². The second-order valence-corrected chi connectivity index (χ2v) is 6.08. The Hall–Kier alpha value is -3.09. The van der Waals surface area contributed by atoms with Gasteiger partial charge in [0.05, 0.1) is 0 Å². The summed E-state index contributed by atoms with van der Waals surface area (Å²) < 4.78 is 23.4. The molecule has 6 nitrogen and oxygen atoms in total. The van der Waals surface area contributed by atoms with Gasteiger partial charge in [-0.1, -0.05) is 30.3 Å². The van der Waals surface area contributed by atoms with Gasteiger partial charge < -0.3 is 19.3 Å². The number of rotatable bonds is 6. The number of halogens is 1. The first kappa shape index (κ1) is 18.7. The van der Waals surface area contributed by atoms with Crippen LogP contribution in [0.2, 0.25) is 0 Å². The number of amides is 1. The highest BCUT2D eigenvalue weighted by molar-refractivity contribution is 5.81. The molecule has 0 bridgehead atoms. The van der Waals surface area contributed by atoms with Crippen LogP contribution in [-0.2, 0) is 14.3 Å². The van der Waals surface area contributed by atoms with Gasteiger partial charge in [0.15, 0.2) is 24.8 Å². The number of para-hydroxylation sites is 2. The van der Waals surface area contributed by atoms with Crippen molar-refractivity contribution >= 4 is 17.6 Å². The van der Waals surface area contributed by atoms with Crippen LogP contribution in [-0.4, -0.2) is 56.2 Å². The molecule has 1 saturated heterocycles. The summed E-state index contributed by atoms with van der Waals surface area (Å²) in [7, 11) is 0. The summed E-state index contributed by atoms with van der Waals surface area (Å²) in [6.45, 7) is 1.79. The molecule has 1 aliphatic heterocycles. The van der Waals surface area contributed by atoms with Gasteiger partial charge in [-0.05, 0) is 24.3 Å². The van der Waals surface area contributed by atoms with Crippen molar-refractivity contribution in [2.45, 2.75) is 0 Å². The summed E-state index contributed by atoms with van der Waals surface area (Å²) in [6.07, 6.45) is 0. The molecule has 0 saturated carbocycles. The van der Waals surface area contributed by atoms with Crippen molar-refractivity contribution in [1.82, 2.24) is 4.90 Å². The Morgan fingerprint density at radius 3 is 2.26 bits per heavy atom. The molecule has 27 heavy (non-hydrogen) atoms. The average Bonchev–Trinajstić information content (AvgIpc) is 2.72. The predicted octanol–water partition coefficient (Wildman–Crippen LogP) is 2.10. The molecule has 0 unspecified atom stereocenters. The molecule has 7 heteroatoms. The predicted molar refractivity (Wildman–Crippen MR) is 98.1 cm³/mol. The van der Waals surface area contributed by atoms with E-state index >= 15 is 0 Å². The lowest BCUT2D eigenvalue weighted by atomic mass is 10.2. The van der Waals surface area contributed by atoms with Crippen LogP contribution in [0.25, 0.3) is 0 Å². The van der Waals surface area contributed by atoms with Gasteiger partial charge in [0.25, 0.3) is 5.91 Å². The van der Waals surface area contributed by atoms with Crippen molar-refractivity contribution in [1.29, 1.82) is 0 Å². The van der Waals surface area contributed by atoms with Gasteiger partial charge in [0, 0.05) is 31.9 Å². The van der Waals surface area contributed by atoms with E-state index in [4.69, 9.17) is 9.47 Å². The molecule has 142 valence electrons. The molecule has 1 fully saturated rings. The van der Waals surface area contributed by atoms with E-state index in [0.29, 0.717) is 13.1 Å². The van der Waals surface area contributed by atoms with Crippen molar-refractivity contribution < 1.29 is 23.5 Å². The van der Waals surface area contributed by atoms with Crippen LogP contribution >= 0.6 is 0 Å². The van der Waals surface area contributed by atoms with Crippen LogP contribution in [0.5, 0.6) is 5.75 Å². The van der Waals surface area contributed by atoms with E-state index in [-0.39, 0.29) is 18.3 Å². The molecule has 0 radical (unpaired) electrons. The molecule has 0 aliphatic carbocycles. The number of ether oxygens (including phenoxy) is 2. The van der Waals surface area contributed by atoms with E-state index in [1.165, 1.54) is 18.2 Å². The number of hydrogen-bond donors (Lipinski definition) is 0. The van der Waals surface area contributed by atoms with Crippen molar-refractivity contribution in [3.8, 4) is 5.75 Å². The summed E-state index contributed by atoms with van der Waals surface area (Å²) in [5, 5.41) is 0. The molecule has 0 spiro atoms. The minimum absolute atomic E-state index is 0.0298. The maximum absolute atomic E-state index is 13.4. The number of carbonyl (C=O) groups excluding carboxylic acids is 2. The Kier molecular flexibility index (Phi) is 6.25. The first-order valence-corrected chi connectivity index (χ1v) is 8.74. The Bertz CT molecular complexity index is 777. The van der Waals surface area contributed by atoms with Crippen LogP contribution in [0.15, 0.2) is 54.6 Å². The van der Waals surface area contributed by atoms with E-state index in [1.807, 2.05) is 30.3 Å². The Morgan fingerprint density at radius 1 is 0.889 bits per heavy atom. The molecule has 0 atom stereocenters. The average molecular weight is 372 g/mol. The Morgan fingerprint density at radius 2 is 1.56 bits per heavy atom. The van der Waals surface area contributed by atoms with E-state index in [0.717, 1.165) is 18.8 Å². The lowest BCUT2D eigenvalue weighted by Gasteiger charge is -2.36. The topological polar surface area (TPSA) is 59.1 Å². The van der Waals surface area contributed by atoms with E-state index in [2.05, 4.69) is 4.90 Å². The number of benzene rings is 2. The lowest BCUT2D eigenvalue weighted by molar-refractivity contribution is -0.153. The molecule has 2 aromatic carbocycles. The maximum atomic E-state index is 13.4. The SMILES string of the molecule is O=C(COc1ccccc1F)OCC(=O)N1CCN(c2ccccc2)CC1. The molecule has 1 aliphatic rings. The summed E-state index contributed by atoms with van der Waals surface area (Å²) >= 11 is 0. The Labute approximate surface area is 157 Å². The first-order valence-electron chi connectivity index (χ1n) is 8.74. The van der Waals surface area contributed by atoms with E-state index < -0.39 is 18.4 Å². The highest BCUT2D eigenvalue weighted by atomic mass is 19.1. The number of piperazine rings is 1. The van der Waals surface area contributed by atoms with Gasteiger partial charge in [-0.2, -0.15) is 0 Å². The lowest BCUT2D eigenvalue weighted by Crippen LogP contribution is -2.50. The smallest absolute Gasteiger partial charge is 0.344 e. The standard InChI is InChI=1S/C20H21FN2O4/c21-17-8-4-5-9-18(17)26-15-20(25)27-14-19(24)23-12-10-22(11-13-23)16-6-2-1-3-7-16/h1-9H,10-15H2. The molecule has 3 rings (SSSR count). The molecular weight excluding hydrogens is 351 g/mol. The third-order valence-electron chi connectivity index (χ3n) is 4.29. The van der Waals surface area contributed by atoms with Crippen LogP contribution in [0, 0.1) is 5.82 Å². The van der Waals surface area contributed by atoms with Crippen molar-refractivity contribution in [3.05, 3.63) is 60.4 Å². The number of esters is 1. The zero-order valence-electron chi connectivity index (χ0n) is 14.8. The van der Waals surface area contributed by atoms with Crippen LogP contribution in [0.4, 0.5) is 10.1 Å². The van der Waals surface area contributed by atoms with E-state index in [9.17, 15) is 14.0 Å². The second-order valence-electron chi connectivity index (χ2n) is 6.08. The summed E-state index contributed by atoms with van der Waals surface area (Å²) in [5.74, 6) is -1.55. The fraction of sp³-hybridized carbons (Fsp3) is 0.300. The van der Waals surface area contributed by atoms with Gasteiger partial charge >= 0.3 is 5.97 Å². The third-order valence-corrected chi connectivity index (χ3v) is 4.29. The normalized spacial score (nSPS) is 14.0. The highest BCUT2D eigenvalue weighted by Gasteiger charge is 2.22. The van der Waals surface area contributed by atoms with Gasteiger partial charge in [-0.25, -0.2) is 9.18 Å². The molecule has 0 aromatic heterocycles. The highest BCUT2D eigenvalue weighted by Crippen LogP contribution is 2.16. The maximum Gasteiger partial charge on any atom is 0.344 e. The van der Waals surface area contributed by atoms with Gasteiger partial charge in [0.1, 0.15) is 0 Å². The zero-order chi connectivity index (χ0) is 19.1. The minimum atomic E-state index is -0.713. The fourth-order valence-electron chi connectivity index (χ4n) is 2.83. The van der Waals surface area contributed by atoms with Crippen LogP contribution in [0.1, 0.15) is 0 Å². The molecule has 2 aromatic rings. The molecule has 1 amide bonds. The summed E-state index contributed by atoms with van der Waals surface area (Å²) in [4.78, 5) is 27.8. The number of anilines is 1. The van der Waals surface area contributed by atoms with E-state index in [1.54, 1.807) is 11.0 Å². The van der Waals surface area contributed by atoms with Gasteiger partial charge in [-0.15, -0.1) is 0 Å². The quantitative estimate of drug-likeness (QED) is 0.727. The largest absolute Gasteiger partial charge is 0.479 e. The second kappa shape index (κ2) is 9.02. The zero-order valence-corrected chi connectivity index (χ0v) is 14.8. The summed E-state index contributed by atoms with van der Waals surface area (Å²) in [5.41, 5.74) is 1.13. The molecular formula is C20H21FN2O4. The number of carbonyl (C=O) groups is 2. The molecule has 0 N–H and O–H groups in total. The minimum Gasteiger partial charge on any atom is -0.479 e. The third kappa shape index (κ3) is 5.20. The monoisotopic (exact) mass is 372 g/mol. The van der Waals surface area contributed by atoms with Crippen molar-refractivity contribution in [2.24, 2.45) is 0 Å². The number of hydrogen-bond acceptors (Lipinski definition) is 5.